The lowest BCUT2D eigenvalue weighted by Crippen LogP contribution is -2.38. The molecule has 0 spiro atoms. The minimum Gasteiger partial charge on any atom is -0.356 e. The molecule has 104 valence electrons. The number of nitrogens with one attached hydrogen (secondary N) is 1. The van der Waals surface area contributed by atoms with Crippen molar-refractivity contribution in [2.75, 3.05) is 0 Å². The quantitative estimate of drug-likeness (QED) is 0.814. The Morgan fingerprint density at radius 3 is 2.84 bits per heavy atom. The number of fused-ring (bicyclic) bond motifs is 1. The fraction of sp³-hybridized carbons (Fsp3) is 0.545. The number of nitrogens with zero attached hydrogens (tertiary/aromatic N) is 4. The van der Waals surface area contributed by atoms with Crippen molar-refractivity contribution in [3.63, 3.8) is 0 Å². The van der Waals surface area contributed by atoms with Crippen molar-refractivity contribution in [1.82, 2.24) is 25.1 Å². The molecule has 1 unspecified atom stereocenters. The van der Waals surface area contributed by atoms with Crippen molar-refractivity contribution < 1.29 is 9.84 Å². The molecule has 2 heterocycles. The van der Waals surface area contributed by atoms with E-state index in [0.717, 1.165) is 0 Å². The fourth-order valence-corrected chi connectivity index (χ4v) is 1.61. The molecule has 0 fully saturated rings. The highest BCUT2D eigenvalue weighted by molar-refractivity contribution is 6.29. The predicted octanol–water partition coefficient (Wildman–Crippen LogP) is 0.958. The Labute approximate surface area is 115 Å². The zero-order valence-corrected chi connectivity index (χ0v) is 11.7. The third-order valence-corrected chi connectivity index (χ3v) is 2.40. The highest BCUT2D eigenvalue weighted by Gasteiger charge is 2.17. The van der Waals surface area contributed by atoms with Crippen LogP contribution in [0.15, 0.2) is 12.1 Å². The van der Waals surface area contributed by atoms with Crippen LogP contribution in [0.1, 0.15) is 26.6 Å². The Bertz CT molecular complexity index is 566. The van der Waals surface area contributed by atoms with Crippen LogP contribution in [0.2, 0.25) is 5.15 Å². The number of aliphatic hydroxyl groups is 1. The topological polar surface area (TPSA) is 84.6 Å². The number of halogens is 1. The summed E-state index contributed by atoms with van der Waals surface area (Å²) in [5.74, 6) is 0.536. The molecule has 0 aliphatic carbocycles. The SMILES string of the molecule is CC(C)(C)OC(O)NCc1nnc2ccc(Cl)nn12. The van der Waals surface area contributed by atoms with Gasteiger partial charge in [0.2, 0.25) is 6.41 Å². The van der Waals surface area contributed by atoms with E-state index in [9.17, 15) is 5.11 Å². The summed E-state index contributed by atoms with van der Waals surface area (Å²) in [6.45, 7) is 5.81. The summed E-state index contributed by atoms with van der Waals surface area (Å²) in [4.78, 5) is 0. The minimum atomic E-state index is -1.09. The number of hydrogen-bond donors (Lipinski definition) is 2. The van der Waals surface area contributed by atoms with Crippen LogP contribution < -0.4 is 5.32 Å². The number of aromatic nitrogens is 4. The van der Waals surface area contributed by atoms with E-state index in [4.69, 9.17) is 16.3 Å². The van der Waals surface area contributed by atoms with Crippen LogP contribution in [0.5, 0.6) is 0 Å². The maximum atomic E-state index is 9.67. The van der Waals surface area contributed by atoms with Gasteiger partial charge in [0.15, 0.2) is 11.5 Å². The molecule has 0 aromatic carbocycles. The van der Waals surface area contributed by atoms with Gasteiger partial charge in [-0.1, -0.05) is 11.6 Å². The Kier molecular flexibility index (Phi) is 4.00. The van der Waals surface area contributed by atoms with Gasteiger partial charge in [0, 0.05) is 0 Å². The Morgan fingerprint density at radius 1 is 1.42 bits per heavy atom. The summed E-state index contributed by atoms with van der Waals surface area (Å²) < 4.78 is 6.83. The first-order valence-corrected chi connectivity index (χ1v) is 6.19. The molecule has 0 radical (unpaired) electrons. The van der Waals surface area contributed by atoms with E-state index in [2.05, 4.69) is 20.6 Å². The minimum absolute atomic E-state index is 0.256. The Morgan fingerprint density at radius 2 is 2.16 bits per heavy atom. The van der Waals surface area contributed by atoms with Crippen molar-refractivity contribution >= 4 is 17.2 Å². The lowest BCUT2D eigenvalue weighted by atomic mass is 10.2. The lowest BCUT2D eigenvalue weighted by molar-refractivity contribution is -0.182. The molecule has 0 amide bonds. The normalized spacial score (nSPS) is 13.9. The van der Waals surface area contributed by atoms with Gasteiger partial charge in [-0.15, -0.1) is 10.2 Å². The van der Waals surface area contributed by atoms with Crippen molar-refractivity contribution in [3.8, 4) is 0 Å². The van der Waals surface area contributed by atoms with E-state index in [1.165, 1.54) is 4.52 Å². The van der Waals surface area contributed by atoms with Gasteiger partial charge in [0.25, 0.3) is 0 Å². The molecule has 0 aliphatic rings. The monoisotopic (exact) mass is 285 g/mol. The molecule has 7 nitrogen and oxygen atoms in total. The average molecular weight is 286 g/mol. The van der Waals surface area contributed by atoms with Crippen LogP contribution in [0.4, 0.5) is 0 Å². The first-order chi connectivity index (χ1) is 8.85. The molecule has 8 heteroatoms. The fourth-order valence-electron chi connectivity index (χ4n) is 1.48. The second kappa shape index (κ2) is 5.38. The third-order valence-electron chi connectivity index (χ3n) is 2.19. The van der Waals surface area contributed by atoms with E-state index in [1.807, 2.05) is 20.8 Å². The van der Waals surface area contributed by atoms with Gasteiger partial charge in [0.1, 0.15) is 5.15 Å². The van der Waals surface area contributed by atoms with E-state index < -0.39 is 12.0 Å². The van der Waals surface area contributed by atoms with Crippen LogP contribution in [-0.4, -0.2) is 36.9 Å². The summed E-state index contributed by atoms with van der Waals surface area (Å²) >= 11 is 5.82. The zero-order valence-electron chi connectivity index (χ0n) is 11.0. The van der Waals surface area contributed by atoms with Crippen LogP contribution in [0.25, 0.3) is 5.65 Å². The maximum Gasteiger partial charge on any atom is 0.214 e. The molecule has 0 aliphatic heterocycles. The van der Waals surface area contributed by atoms with Gasteiger partial charge in [-0.3, -0.25) is 5.32 Å². The molecular formula is C11H16ClN5O2. The molecule has 0 saturated heterocycles. The molecule has 0 saturated carbocycles. The van der Waals surface area contributed by atoms with Crippen LogP contribution in [0, 0.1) is 0 Å². The summed E-state index contributed by atoms with van der Waals surface area (Å²) in [6, 6.07) is 3.36. The molecule has 1 atom stereocenters. The summed E-state index contributed by atoms with van der Waals surface area (Å²) in [5, 5.41) is 24.8. The van der Waals surface area contributed by atoms with Gasteiger partial charge in [-0.2, -0.15) is 9.61 Å². The van der Waals surface area contributed by atoms with Crippen molar-refractivity contribution in [3.05, 3.63) is 23.1 Å². The van der Waals surface area contributed by atoms with E-state index >= 15 is 0 Å². The van der Waals surface area contributed by atoms with E-state index in [1.54, 1.807) is 12.1 Å². The molecule has 2 aromatic heterocycles. The number of rotatable bonds is 4. The maximum absolute atomic E-state index is 9.67. The second-order valence-electron chi connectivity index (χ2n) is 5.01. The zero-order chi connectivity index (χ0) is 14.0. The van der Waals surface area contributed by atoms with Crippen molar-refractivity contribution in [2.24, 2.45) is 0 Å². The summed E-state index contributed by atoms with van der Waals surface area (Å²) in [5.41, 5.74) is 0.147. The van der Waals surface area contributed by atoms with Gasteiger partial charge in [0.05, 0.1) is 12.1 Å². The van der Waals surface area contributed by atoms with Crippen LogP contribution >= 0.6 is 11.6 Å². The van der Waals surface area contributed by atoms with Gasteiger partial charge < -0.3 is 9.84 Å². The highest BCUT2D eigenvalue weighted by Crippen LogP contribution is 2.09. The van der Waals surface area contributed by atoms with Gasteiger partial charge >= 0.3 is 0 Å². The third kappa shape index (κ3) is 3.84. The van der Waals surface area contributed by atoms with E-state index in [0.29, 0.717) is 16.6 Å². The Hall–Kier alpha value is -1.28. The molecule has 19 heavy (non-hydrogen) atoms. The standard InChI is InChI=1S/C11H16ClN5O2/c1-11(2,3)19-10(18)13-6-9-15-14-8-5-4-7(12)16-17(8)9/h4-5,10,13,18H,6H2,1-3H3. The first kappa shape index (κ1) is 14.1. The number of aliphatic hydroxyl groups excluding tert-OH is 1. The average Bonchev–Trinajstić information content (AvgIpc) is 2.66. The second-order valence-corrected chi connectivity index (χ2v) is 5.39. The van der Waals surface area contributed by atoms with Crippen molar-refractivity contribution in [1.29, 1.82) is 0 Å². The molecule has 2 aromatic rings. The van der Waals surface area contributed by atoms with E-state index in [-0.39, 0.29) is 6.54 Å². The highest BCUT2D eigenvalue weighted by atomic mass is 35.5. The summed E-state index contributed by atoms with van der Waals surface area (Å²) in [7, 11) is 0. The molecule has 2 N–H and O–H groups in total. The van der Waals surface area contributed by atoms with Gasteiger partial charge in [-0.25, -0.2) is 0 Å². The van der Waals surface area contributed by atoms with Crippen molar-refractivity contribution in [2.45, 2.75) is 39.3 Å². The summed E-state index contributed by atoms with van der Waals surface area (Å²) in [6.07, 6.45) is -1.09. The van der Waals surface area contributed by atoms with Gasteiger partial charge in [-0.05, 0) is 32.9 Å². The Balaban J connectivity index is 2.04. The molecular weight excluding hydrogens is 270 g/mol. The molecule has 0 bridgehead atoms. The van der Waals surface area contributed by atoms with Crippen LogP contribution in [-0.2, 0) is 11.3 Å². The largest absolute Gasteiger partial charge is 0.356 e. The first-order valence-electron chi connectivity index (χ1n) is 5.81. The lowest BCUT2D eigenvalue weighted by Gasteiger charge is -2.24. The molecule has 2 rings (SSSR count). The smallest absolute Gasteiger partial charge is 0.214 e. The number of hydrogen-bond acceptors (Lipinski definition) is 6. The predicted molar refractivity (Wildman–Crippen MR) is 69.5 cm³/mol. The van der Waals surface area contributed by atoms with Crippen LogP contribution in [0.3, 0.4) is 0 Å². The number of ether oxygens (including phenoxy) is 1.